The SMILES string of the molecule is c1ccc(N(c2ccccc2)c2cc(-c3ccc4c(c3)C3CCC4CC3)ccc2-c2ccc3c(c2)C2CCC3CC2)cc1. The molecule has 0 N–H and O–H groups in total. The Morgan fingerprint density at radius 2 is 0.791 bits per heavy atom. The standard InChI is InChI=1S/C42H39N/c1-3-7-35(8-4-1)43(36-9-5-2-6-10-36)42-27-33(32-19-22-37-28-11-15-30(16-12-28)40(37)25-32)20-24-39(42)34-21-23-38-29-13-17-31(18-14-29)41(38)26-34/h1-10,19-31H,11-18H2. The number of anilines is 3. The largest absolute Gasteiger partial charge is 0.310 e. The summed E-state index contributed by atoms with van der Waals surface area (Å²) in [6.45, 7) is 0. The first-order valence-electron chi connectivity index (χ1n) is 16.6. The molecule has 43 heavy (non-hydrogen) atoms. The molecule has 4 bridgehead atoms. The van der Waals surface area contributed by atoms with Gasteiger partial charge in [0.25, 0.3) is 0 Å². The zero-order valence-corrected chi connectivity index (χ0v) is 24.9. The van der Waals surface area contributed by atoms with Crippen LogP contribution in [0.5, 0.6) is 0 Å². The van der Waals surface area contributed by atoms with Crippen LogP contribution in [0.4, 0.5) is 17.1 Å². The molecule has 212 valence electrons. The molecule has 11 rings (SSSR count). The van der Waals surface area contributed by atoms with Crippen molar-refractivity contribution in [1.29, 1.82) is 0 Å². The second-order valence-electron chi connectivity index (χ2n) is 13.5. The summed E-state index contributed by atoms with van der Waals surface area (Å²) in [6, 6.07) is 43.9. The topological polar surface area (TPSA) is 3.24 Å². The Morgan fingerprint density at radius 1 is 0.372 bits per heavy atom. The molecule has 0 amide bonds. The van der Waals surface area contributed by atoms with Crippen LogP contribution >= 0.6 is 0 Å². The predicted octanol–water partition coefficient (Wildman–Crippen LogP) is 12.0. The van der Waals surface area contributed by atoms with Crippen molar-refractivity contribution in [1.82, 2.24) is 0 Å². The summed E-state index contributed by atoms with van der Waals surface area (Å²) in [6.07, 6.45) is 10.9. The molecule has 5 aromatic carbocycles. The van der Waals surface area contributed by atoms with Crippen molar-refractivity contribution in [3.63, 3.8) is 0 Å². The molecule has 0 aliphatic heterocycles. The molecule has 0 heterocycles. The van der Waals surface area contributed by atoms with Crippen LogP contribution in [-0.2, 0) is 0 Å². The van der Waals surface area contributed by atoms with Gasteiger partial charge in [0.05, 0.1) is 5.69 Å². The average molecular weight is 558 g/mol. The summed E-state index contributed by atoms with van der Waals surface area (Å²) < 4.78 is 0. The van der Waals surface area contributed by atoms with E-state index in [1.807, 2.05) is 0 Å². The van der Waals surface area contributed by atoms with Crippen molar-refractivity contribution in [2.75, 3.05) is 4.90 Å². The van der Waals surface area contributed by atoms with Crippen LogP contribution in [0.1, 0.15) is 97.3 Å². The van der Waals surface area contributed by atoms with Crippen LogP contribution < -0.4 is 4.90 Å². The van der Waals surface area contributed by atoms with E-state index in [9.17, 15) is 0 Å². The Bertz CT molecular complexity index is 1750. The number of fused-ring (bicyclic) bond motifs is 4. The zero-order chi connectivity index (χ0) is 28.3. The molecular weight excluding hydrogens is 518 g/mol. The lowest BCUT2D eigenvalue weighted by Crippen LogP contribution is -2.21. The maximum atomic E-state index is 2.55. The number of rotatable bonds is 5. The van der Waals surface area contributed by atoms with Gasteiger partial charge >= 0.3 is 0 Å². The normalized spacial score (nSPS) is 23.1. The molecule has 0 aromatic heterocycles. The van der Waals surface area contributed by atoms with Gasteiger partial charge in [-0.1, -0.05) is 84.9 Å². The van der Waals surface area contributed by atoms with Crippen molar-refractivity contribution >= 4 is 17.1 Å². The summed E-state index contributed by atoms with van der Waals surface area (Å²) in [5, 5.41) is 0. The van der Waals surface area contributed by atoms with E-state index in [4.69, 9.17) is 0 Å². The minimum atomic E-state index is 0.729. The lowest BCUT2D eigenvalue weighted by Gasteiger charge is -2.38. The van der Waals surface area contributed by atoms with Gasteiger partial charge < -0.3 is 4.90 Å². The first-order valence-corrected chi connectivity index (χ1v) is 16.6. The highest BCUT2D eigenvalue weighted by Gasteiger charge is 2.34. The third-order valence-corrected chi connectivity index (χ3v) is 11.3. The minimum absolute atomic E-state index is 0.729. The van der Waals surface area contributed by atoms with E-state index in [2.05, 4.69) is 120 Å². The number of nitrogens with zero attached hydrogens (tertiary/aromatic N) is 1. The Balaban J connectivity index is 1.24. The van der Waals surface area contributed by atoms with E-state index in [0.29, 0.717) is 0 Å². The lowest BCUT2D eigenvalue weighted by molar-refractivity contribution is 0.359. The van der Waals surface area contributed by atoms with Gasteiger partial charge in [0, 0.05) is 16.9 Å². The highest BCUT2D eigenvalue weighted by Crippen LogP contribution is 2.52. The van der Waals surface area contributed by atoms with Gasteiger partial charge in [0.15, 0.2) is 0 Å². The van der Waals surface area contributed by atoms with Crippen molar-refractivity contribution < 1.29 is 0 Å². The summed E-state index contributed by atoms with van der Waals surface area (Å²) in [5.74, 6) is 3.01. The van der Waals surface area contributed by atoms with Crippen molar-refractivity contribution in [3.05, 3.63) is 138 Å². The van der Waals surface area contributed by atoms with Crippen molar-refractivity contribution in [3.8, 4) is 22.3 Å². The van der Waals surface area contributed by atoms with Crippen LogP contribution in [0, 0.1) is 0 Å². The Morgan fingerprint density at radius 3 is 1.33 bits per heavy atom. The number of hydrogen-bond donors (Lipinski definition) is 0. The van der Waals surface area contributed by atoms with Crippen molar-refractivity contribution in [2.45, 2.75) is 75.0 Å². The van der Waals surface area contributed by atoms with Crippen LogP contribution in [0.3, 0.4) is 0 Å². The highest BCUT2D eigenvalue weighted by molar-refractivity contribution is 5.91. The molecule has 0 saturated heterocycles. The second kappa shape index (κ2) is 10.3. The number of para-hydroxylation sites is 2. The van der Waals surface area contributed by atoms with Gasteiger partial charge in [-0.05, 0) is 144 Å². The average Bonchev–Trinajstić information content (AvgIpc) is 3.10. The molecule has 6 aliphatic carbocycles. The van der Waals surface area contributed by atoms with E-state index in [-0.39, 0.29) is 0 Å². The molecular formula is C42H39N. The highest BCUT2D eigenvalue weighted by atomic mass is 15.1. The van der Waals surface area contributed by atoms with Crippen LogP contribution in [0.15, 0.2) is 115 Å². The molecule has 2 fully saturated rings. The fourth-order valence-electron chi connectivity index (χ4n) is 9.10. The molecule has 0 radical (unpaired) electrons. The van der Waals surface area contributed by atoms with Gasteiger partial charge in [-0.15, -0.1) is 0 Å². The van der Waals surface area contributed by atoms with E-state index >= 15 is 0 Å². The maximum absolute atomic E-state index is 2.55. The second-order valence-corrected chi connectivity index (χ2v) is 13.5. The van der Waals surface area contributed by atoms with Gasteiger partial charge in [-0.3, -0.25) is 0 Å². The van der Waals surface area contributed by atoms with E-state index < -0.39 is 0 Å². The third-order valence-electron chi connectivity index (χ3n) is 11.3. The summed E-state index contributed by atoms with van der Waals surface area (Å²) in [4.78, 5) is 2.46. The van der Waals surface area contributed by atoms with E-state index in [1.165, 1.54) is 90.7 Å². The first kappa shape index (κ1) is 25.4. The smallest absolute Gasteiger partial charge is 0.0546 e. The number of hydrogen-bond acceptors (Lipinski definition) is 1. The minimum Gasteiger partial charge on any atom is -0.310 e. The first-order chi connectivity index (χ1) is 21.3. The third kappa shape index (κ3) is 4.27. The quantitative estimate of drug-likeness (QED) is 0.208. The van der Waals surface area contributed by atoms with Crippen LogP contribution in [0.2, 0.25) is 0 Å². The fourth-order valence-corrected chi connectivity index (χ4v) is 9.10. The van der Waals surface area contributed by atoms with E-state index in [0.717, 1.165) is 23.7 Å². The predicted molar refractivity (Wildman–Crippen MR) is 180 cm³/mol. The van der Waals surface area contributed by atoms with Gasteiger partial charge in [-0.25, -0.2) is 0 Å². The lowest BCUT2D eigenvalue weighted by atomic mass is 9.66. The molecule has 0 spiro atoms. The molecule has 6 aliphatic rings. The van der Waals surface area contributed by atoms with Gasteiger partial charge in [-0.2, -0.15) is 0 Å². The monoisotopic (exact) mass is 557 g/mol. The fraction of sp³-hybridized carbons (Fsp3) is 0.286. The molecule has 5 aromatic rings. The van der Waals surface area contributed by atoms with E-state index in [1.54, 1.807) is 22.3 Å². The molecule has 2 saturated carbocycles. The number of benzene rings is 5. The Hall–Kier alpha value is -4.10. The van der Waals surface area contributed by atoms with Gasteiger partial charge in [0.2, 0.25) is 0 Å². The molecule has 1 nitrogen and oxygen atoms in total. The molecule has 1 heteroatoms. The Kier molecular flexibility index (Phi) is 6.06. The van der Waals surface area contributed by atoms with Crippen LogP contribution in [0.25, 0.3) is 22.3 Å². The van der Waals surface area contributed by atoms with Gasteiger partial charge in [0.1, 0.15) is 0 Å². The summed E-state index contributed by atoms with van der Waals surface area (Å²) in [7, 11) is 0. The van der Waals surface area contributed by atoms with Crippen LogP contribution in [-0.4, -0.2) is 0 Å². The summed E-state index contributed by atoms with van der Waals surface area (Å²) >= 11 is 0. The maximum Gasteiger partial charge on any atom is 0.0546 e. The van der Waals surface area contributed by atoms with Crippen molar-refractivity contribution in [2.24, 2.45) is 0 Å². The molecule has 0 unspecified atom stereocenters. The zero-order valence-electron chi connectivity index (χ0n) is 24.9. The summed E-state index contributed by atoms with van der Waals surface area (Å²) in [5.41, 5.74) is 15.4. The molecule has 0 atom stereocenters. The Labute approximate surface area is 256 Å².